The van der Waals surface area contributed by atoms with Crippen LogP contribution < -0.4 is 14.8 Å². The van der Waals surface area contributed by atoms with Crippen molar-refractivity contribution in [3.8, 4) is 17.4 Å². The maximum Gasteiger partial charge on any atom is 0.300 e. The Hall–Kier alpha value is -4.44. The molecule has 0 atom stereocenters. The van der Waals surface area contributed by atoms with E-state index in [1.807, 2.05) is 0 Å². The van der Waals surface area contributed by atoms with Crippen molar-refractivity contribution in [3.05, 3.63) is 88.4 Å². The maximum absolute atomic E-state index is 13.3. The second-order valence-electron chi connectivity index (χ2n) is 7.54. The smallest absolute Gasteiger partial charge is 0.300 e. The zero-order valence-corrected chi connectivity index (χ0v) is 20.9. The highest BCUT2D eigenvalue weighted by atomic mass is 79.9. The molecule has 0 fully saturated rings. The molecule has 0 unspecified atom stereocenters. The molecule has 182 valence electrons. The summed E-state index contributed by atoms with van der Waals surface area (Å²) in [7, 11) is 2.81. The highest BCUT2D eigenvalue weighted by Gasteiger charge is 2.24. The van der Waals surface area contributed by atoms with Gasteiger partial charge in [-0.2, -0.15) is 0 Å². The van der Waals surface area contributed by atoms with Gasteiger partial charge in [0.05, 0.1) is 25.3 Å². The van der Waals surface area contributed by atoms with Crippen LogP contribution in [-0.2, 0) is 0 Å². The van der Waals surface area contributed by atoms with Crippen LogP contribution in [0.1, 0.15) is 26.3 Å². The Balaban J connectivity index is 1.73. The van der Waals surface area contributed by atoms with E-state index in [2.05, 4.69) is 43.0 Å². The first-order valence-electron chi connectivity index (χ1n) is 10.6. The van der Waals surface area contributed by atoms with Crippen molar-refractivity contribution in [1.82, 2.24) is 10.3 Å². The van der Waals surface area contributed by atoms with Crippen molar-refractivity contribution in [2.45, 2.75) is 0 Å². The molecule has 4 aromatic rings. The van der Waals surface area contributed by atoms with E-state index in [-0.39, 0.29) is 39.9 Å². The lowest BCUT2D eigenvalue weighted by molar-refractivity contribution is 0.0967. The van der Waals surface area contributed by atoms with Gasteiger partial charge >= 0.3 is 0 Å². The first kappa shape index (κ1) is 24.7. The minimum Gasteiger partial charge on any atom is -0.493 e. The quantitative estimate of drug-likeness (QED) is 0.245. The van der Waals surface area contributed by atoms with Crippen LogP contribution in [0.15, 0.2) is 81.9 Å². The lowest BCUT2D eigenvalue weighted by Crippen LogP contribution is -2.22. The molecule has 9 nitrogen and oxygen atoms in total. The fourth-order valence-electron chi connectivity index (χ4n) is 3.64. The third-order valence-corrected chi connectivity index (χ3v) is 5.83. The van der Waals surface area contributed by atoms with Crippen molar-refractivity contribution < 1.29 is 24.2 Å². The number of carbonyl (C=O) groups is 2. The molecule has 0 saturated heterocycles. The van der Waals surface area contributed by atoms with E-state index in [0.717, 1.165) is 4.47 Å². The monoisotopic (exact) mass is 548 g/mol. The minimum atomic E-state index is -0.792. The number of aromatic hydroxyl groups is 1. The summed E-state index contributed by atoms with van der Waals surface area (Å²) in [4.78, 5) is 28.8. The zero-order valence-electron chi connectivity index (χ0n) is 19.3. The number of ether oxygens (including phenoxy) is 2. The number of aromatic nitrogens is 1. The van der Waals surface area contributed by atoms with E-state index in [9.17, 15) is 14.7 Å². The van der Waals surface area contributed by atoms with Gasteiger partial charge in [-0.1, -0.05) is 40.7 Å². The number of aromatic amines is 1. The number of amides is 2. The molecule has 3 N–H and O–H groups in total. The van der Waals surface area contributed by atoms with Gasteiger partial charge in [-0.05, 0) is 42.5 Å². The molecule has 0 aliphatic carbocycles. The third kappa shape index (κ3) is 4.84. The predicted octanol–water partition coefficient (Wildman–Crippen LogP) is 5.98. The predicted molar refractivity (Wildman–Crippen MR) is 139 cm³/mol. The number of carbonyl (C=O) groups excluding carboxylic acids is 2. The van der Waals surface area contributed by atoms with Gasteiger partial charge in [-0.15, -0.1) is 10.2 Å². The summed E-state index contributed by atoms with van der Waals surface area (Å²) >= 11 is 3.38. The summed E-state index contributed by atoms with van der Waals surface area (Å²) in [6.45, 7) is 3.94. The largest absolute Gasteiger partial charge is 0.493 e. The Morgan fingerprint density at radius 1 is 1.06 bits per heavy atom. The van der Waals surface area contributed by atoms with Crippen molar-refractivity contribution in [1.29, 1.82) is 0 Å². The van der Waals surface area contributed by atoms with E-state index in [0.29, 0.717) is 16.5 Å². The first-order chi connectivity index (χ1) is 17.3. The van der Waals surface area contributed by atoms with Crippen molar-refractivity contribution in [2.24, 2.45) is 10.2 Å². The van der Waals surface area contributed by atoms with Gasteiger partial charge < -0.3 is 24.9 Å². The number of nitrogens with zero attached hydrogens (tertiary/aromatic N) is 2. The molecule has 0 bridgehead atoms. The summed E-state index contributed by atoms with van der Waals surface area (Å²) in [5.74, 6) is -1.05. The van der Waals surface area contributed by atoms with Crippen LogP contribution in [0.3, 0.4) is 0 Å². The normalized spacial score (nSPS) is 11.0. The molecule has 3 aromatic carbocycles. The molecule has 1 heterocycles. The molecular weight excluding hydrogens is 528 g/mol. The minimum absolute atomic E-state index is 0.0144. The Bertz CT molecular complexity index is 1510. The van der Waals surface area contributed by atoms with Gasteiger partial charge in [0.1, 0.15) is 0 Å². The van der Waals surface area contributed by atoms with Crippen molar-refractivity contribution in [2.75, 3.05) is 14.2 Å². The maximum atomic E-state index is 13.3. The number of benzene rings is 3. The lowest BCUT2D eigenvalue weighted by Gasteiger charge is -2.16. The van der Waals surface area contributed by atoms with E-state index < -0.39 is 11.8 Å². The number of hydrogen-bond donors (Lipinski definition) is 3. The number of fused-ring (bicyclic) bond motifs is 1. The SMILES string of the molecule is C=C(NC(=O)c1ccccc1)c1ccc(OC)c(OC)c1C(=O)N=Nc1c(O)[nH]c2ccc(Br)cc12. The molecule has 36 heavy (non-hydrogen) atoms. The van der Waals surface area contributed by atoms with E-state index in [4.69, 9.17) is 9.47 Å². The van der Waals surface area contributed by atoms with Crippen LogP contribution in [-0.4, -0.2) is 36.1 Å². The van der Waals surface area contributed by atoms with E-state index in [1.54, 1.807) is 60.7 Å². The molecule has 0 radical (unpaired) electrons. The molecule has 0 aliphatic rings. The van der Waals surface area contributed by atoms with Crippen LogP contribution in [0.4, 0.5) is 5.69 Å². The standard InChI is InChI=1S/C26H21BrN4O5/c1-14(28-24(32)15-7-5-4-6-8-15)17-10-12-20(35-2)23(36-3)21(17)25(33)31-30-22-18-13-16(27)9-11-19(18)29-26(22)34/h4-13,29,34H,1H2,2-3H3,(H,28,32). The lowest BCUT2D eigenvalue weighted by atomic mass is 10.0. The fourth-order valence-corrected chi connectivity index (χ4v) is 4.00. The second-order valence-corrected chi connectivity index (χ2v) is 8.46. The average molecular weight is 549 g/mol. The topological polar surface area (TPSA) is 125 Å². The van der Waals surface area contributed by atoms with Crippen LogP contribution in [0.25, 0.3) is 16.6 Å². The number of rotatable bonds is 7. The molecule has 0 saturated carbocycles. The number of nitrogens with one attached hydrogen (secondary N) is 2. The van der Waals surface area contributed by atoms with E-state index >= 15 is 0 Å². The summed E-state index contributed by atoms with van der Waals surface area (Å²) in [5, 5.41) is 21.4. The second kappa shape index (κ2) is 10.4. The van der Waals surface area contributed by atoms with Gasteiger partial charge in [0.2, 0.25) is 5.88 Å². The molecule has 1 aromatic heterocycles. The third-order valence-electron chi connectivity index (χ3n) is 5.34. The van der Waals surface area contributed by atoms with Crippen LogP contribution in [0, 0.1) is 0 Å². The van der Waals surface area contributed by atoms with Gasteiger partial charge in [0, 0.05) is 26.7 Å². The summed E-state index contributed by atoms with van der Waals surface area (Å²) in [6.07, 6.45) is 0. The van der Waals surface area contributed by atoms with Crippen molar-refractivity contribution in [3.63, 3.8) is 0 Å². The Kier molecular flexibility index (Phi) is 7.16. The molecular formula is C26H21BrN4O5. The zero-order chi connectivity index (χ0) is 25.8. The van der Waals surface area contributed by atoms with Crippen LogP contribution in [0.2, 0.25) is 0 Å². The van der Waals surface area contributed by atoms with Crippen LogP contribution in [0.5, 0.6) is 17.4 Å². The molecule has 0 spiro atoms. The summed E-state index contributed by atoms with van der Waals surface area (Å²) < 4.78 is 11.6. The Morgan fingerprint density at radius 3 is 2.50 bits per heavy atom. The van der Waals surface area contributed by atoms with E-state index in [1.165, 1.54) is 14.2 Å². The first-order valence-corrected chi connectivity index (χ1v) is 11.4. The molecule has 4 rings (SSSR count). The molecule has 2 amide bonds. The van der Waals surface area contributed by atoms with Gasteiger partial charge in [-0.3, -0.25) is 9.59 Å². The van der Waals surface area contributed by atoms with Crippen molar-refractivity contribution >= 4 is 50.0 Å². The summed E-state index contributed by atoms with van der Waals surface area (Å²) in [6, 6.07) is 17.0. The number of H-pyrrole nitrogens is 1. The van der Waals surface area contributed by atoms with Gasteiger partial charge in [0.25, 0.3) is 11.8 Å². The van der Waals surface area contributed by atoms with Gasteiger partial charge in [-0.25, -0.2) is 0 Å². The summed E-state index contributed by atoms with van der Waals surface area (Å²) in [5.41, 5.74) is 1.55. The number of hydrogen-bond acceptors (Lipinski definition) is 6. The average Bonchev–Trinajstić information content (AvgIpc) is 3.20. The molecule has 10 heteroatoms. The Morgan fingerprint density at radius 2 is 1.81 bits per heavy atom. The molecule has 0 aliphatic heterocycles. The van der Waals surface area contributed by atoms with Crippen LogP contribution >= 0.6 is 15.9 Å². The number of azo groups is 1. The fraction of sp³-hybridized carbons (Fsp3) is 0.0769. The highest BCUT2D eigenvalue weighted by molar-refractivity contribution is 9.10. The van der Waals surface area contributed by atoms with Gasteiger partial charge in [0.15, 0.2) is 17.2 Å². The Labute approximate surface area is 214 Å². The number of methoxy groups -OCH3 is 2. The highest BCUT2D eigenvalue weighted by Crippen LogP contribution is 2.39. The number of halogens is 1.